The van der Waals surface area contributed by atoms with Gasteiger partial charge in [0.15, 0.2) is 0 Å². The van der Waals surface area contributed by atoms with Gasteiger partial charge < -0.3 is 21.1 Å². The molecule has 1 aliphatic heterocycles. The number of unbranched alkanes of at least 4 members (excludes halogenated alkanes) is 1. The summed E-state index contributed by atoms with van der Waals surface area (Å²) >= 11 is 0. The Morgan fingerprint density at radius 1 is 1.15 bits per heavy atom. The van der Waals surface area contributed by atoms with Gasteiger partial charge in [-0.25, -0.2) is 4.79 Å². The van der Waals surface area contributed by atoms with Crippen LogP contribution < -0.4 is 11.1 Å². The lowest BCUT2D eigenvalue weighted by Crippen LogP contribution is -2.38. The maximum absolute atomic E-state index is 12.8. The number of nitrogens with two attached hydrogens (primary N) is 1. The number of aromatic carboxylic acids is 1. The molecule has 0 unspecified atom stereocenters. The zero-order valence-corrected chi connectivity index (χ0v) is 18.6. The lowest BCUT2D eigenvalue weighted by Gasteiger charge is -2.32. The lowest BCUT2D eigenvalue weighted by atomic mass is 9.91. The second-order valence-corrected chi connectivity index (χ2v) is 8.29. The number of nitrogen functional groups attached to an aromatic ring is 1. The number of carboxylic acids is 1. The van der Waals surface area contributed by atoms with E-state index in [-0.39, 0.29) is 23.1 Å². The van der Waals surface area contributed by atoms with Crippen LogP contribution in [0, 0.1) is 5.92 Å². The summed E-state index contributed by atoms with van der Waals surface area (Å²) in [6.45, 7) is 1.93. The predicted octanol–water partition coefficient (Wildman–Crippen LogP) is 3.21. The summed E-state index contributed by atoms with van der Waals surface area (Å²) in [5, 5.41) is 12.1. The van der Waals surface area contributed by atoms with Crippen molar-refractivity contribution < 1.29 is 19.5 Å². The van der Waals surface area contributed by atoms with Gasteiger partial charge in [0.1, 0.15) is 0 Å². The Kier molecular flexibility index (Phi) is 8.57. The quantitative estimate of drug-likeness (QED) is 0.306. The monoisotopic (exact) mass is 450 g/mol. The van der Waals surface area contributed by atoms with Gasteiger partial charge in [-0.15, -0.1) is 0 Å². The minimum absolute atomic E-state index is 0.0212. The molecule has 0 radical (unpaired) electrons. The average Bonchev–Trinajstić information content (AvgIpc) is 2.82. The Labute approximate surface area is 193 Å². The van der Waals surface area contributed by atoms with Crippen molar-refractivity contribution in [1.82, 2.24) is 15.2 Å². The molecular formula is C25H30N4O4. The molecule has 8 nitrogen and oxygen atoms in total. The molecule has 2 amide bonds. The number of benzene rings is 1. The minimum Gasteiger partial charge on any atom is -0.478 e. The highest BCUT2D eigenvalue weighted by Crippen LogP contribution is 2.24. The molecule has 0 saturated carbocycles. The molecule has 1 fully saturated rings. The number of likely N-dealkylation sites (tertiary alicyclic amines) is 1. The highest BCUT2D eigenvalue weighted by Gasteiger charge is 2.24. The van der Waals surface area contributed by atoms with Crippen LogP contribution in [0.2, 0.25) is 0 Å². The fraction of sp³-hybridized carbons (Fsp3) is 0.360. The first-order chi connectivity index (χ1) is 15.9. The Morgan fingerprint density at radius 3 is 2.61 bits per heavy atom. The van der Waals surface area contributed by atoms with Gasteiger partial charge >= 0.3 is 5.97 Å². The first-order valence-corrected chi connectivity index (χ1v) is 11.2. The van der Waals surface area contributed by atoms with Gasteiger partial charge in [0, 0.05) is 49.4 Å². The molecule has 2 heterocycles. The van der Waals surface area contributed by atoms with Crippen LogP contribution in [0.1, 0.15) is 58.4 Å². The molecule has 1 aromatic carbocycles. The molecular weight excluding hydrogens is 420 g/mol. The van der Waals surface area contributed by atoms with E-state index < -0.39 is 5.97 Å². The van der Waals surface area contributed by atoms with E-state index >= 15 is 0 Å². The standard InChI is InChI=1S/C25H30N4O4/c26-22-15-20(14-21(16-22)25(32)33)24(31)29-12-8-18(9-13-29)4-1-2-11-28-23(30)7-6-19-5-3-10-27-17-19/h3,5-7,10,14-18H,1-2,4,8-9,11-13,26H2,(H,28,30)(H,32,33)/b7-6+. The number of hydrogen-bond acceptors (Lipinski definition) is 5. The van der Waals surface area contributed by atoms with Crippen LogP contribution >= 0.6 is 0 Å². The third kappa shape index (κ3) is 7.45. The normalized spacial score (nSPS) is 14.4. The van der Waals surface area contributed by atoms with Crippen molar-refractivity contribution in [3.63, 3.8) is 0 Å². The highest BCUT2D eigenvalue weighted by atomic mass is 16.4. The summed E-state index contributed by atoms with van der Waals surface area (Å²) in [6.07, 6.45) is 11.5. The summed E-state index contributed by atoms with van der Waals surface area (Å²) < 4.78 is 0. The SMILES string of the molecule is Nc1cc(C(=O)O)cc(C(=O)N2CCC(CCCCNC(=O)/C=C/c3cccnc3)CC2)c1. The van der Waals surface area contributed by atoms with E-state index in [9.17, 15) is 19.5 Å². The summed E-state index contributed by atoms with van der Waals surface area (Å²) in [4.78, 5) is 41.6. The number of carbonyl (C=O) groups is 3. The Morgan fingerprint density at radius 2 is 1.91 bits per heavy atom. The summed E-state index contributed by atoms with van der Waals surface area (Å²) in [6, 6.07) is 7.97. The van der Waals surface area contributed by atoms with Crippen molar-refractivity contribution in [3.8, 4) is 0 Å². The number of anilines is 1. The molecule has 1 aromatic heterocycles. The molecule has 3 rings (SSSR count). The van der Waals surface area contributed by atoms with E-state index in [2.05, 4.69) is 10.3 Å². The van der Waals surface area contributed by atoms with E-state index in [0.29, 0.717) is 31.1 Å². The van der Waals surface area contributed by atoms with E-state index in [4.69, 9.17) is 5.73 Å². The van der Waals surface area contributed by atoms with Gasteiger partial charge in [-0.1, -0.05) is 18.9 Å². The molecule has 174 valence electrons. The molecule has 0 spiro atoms. The summed E-state index contributed by atoms with van der Waals surface area (Å²) in [5.41, 5.74) is 7.26. The number of carboxylic acid groups (broad SMARTS) is 1. The molecule has 8 heteroatoms. The van der Waals surface area contributed by atoms with Crippen molar-refractivity contribution in [3.05, 3.63) is 65.5 Å². The van der Waals surface area contributed by atoms with Crippen LogP contribution in [0.3, 0.4) is 0 Å². The van der Waals surface area contributed by atoms with Crippen LogP contribution in [0.5, 0.6) is 0 Å². The molecule has 1 saturated heterocycles. The minimum atomic E-state index is -1.10. The fourth-order valence-corrected chi connectivity index (χ4v) is 3.98. The molecule has 2 aromatic rings. The largest absolute Gasteiger partial charge is 0.478 e. The molecule has 0 atom stereocenters. The van der Waals surface area contributed by atoms with E-state index in [1.807, 2.05) is 12.1 Å². The third-order valence-corrected chi connectivity index (χ3v) is 5.80. The van der Waals surface area contributed by atoms with Gasteiger partial charge in [0.05, 0.1) is 5.56 Å². The van der Waals surface area contributed by atoms with E-state index in [0.717, 1.165) is 37.7 Å². The highest BCUT2D eigenvalue weighted by molar-refractivity contribution is 5.98. The number of piperidine rings is 1. The second-order valence-electron chi connectivity index (χ2n) is 8.29. The van der Waals surface area contributed by atoms with Crippen molar-refractivity contribution in [2.75, 3.05) is 25.4 Å². The van der Waals surface area contributed by atoms with Crippen molar-refractivity contribution >= 4 is 29.5 Å². The van der Waals surface area contributed by atoms with Gasteiger partial charge in [-0.3, -0.25) is 14.6 Å². The Bertz CT molecular complexity index is 999. The van der Waals surface area contributed by atoms with Crippen LogP contribution in [0.25, 0.3) is 6.08 Å². The van der Waals surface area contributed by atoms with Gasteiger partial charge in [-0.2, -0.15) is 0 Å². The Hall–Kier alpha value is -3.68. The van der Waals surface area contributed by atoms with E-state index in [1.165, 1.54) is 24.3 Å². The molecule has 33 heavy (non-hydrogen) atoms. The van der Waals surface area contributed by atoms with Gasteiger partial charge in [-0.05, 0) is 61.1 Å². The first-order valence-electron chi connectivity index (χ1n) is 11.2. The van der Waals surface area contributed by atoms with Crippen molar-refractivity contribution in [2.24, 2.45) is 5.92 Å². The average molecular weight is 451 g/mol. The third-order valence-electron chi connectivity index (χ3n) is 5.80. The van der Waals surface area contributed by atoms with Gasteiger partial charge in [0.25, 0.3) is 5.91 Å². The second kappa shape index (κ2) is 11.8. The Balaban J connectivity index is 1.34. The number of nitrogens with zero attached hydrogens (tertiary/aromatic N) is 2. The molecule has 1 aliphatic rings. The zero-order chi connectivity index (χ0) is 23.6. The maximum atomic E-state index is 12.8. The van der Waals surface area contributed by atoms with Crippen molar-refractivity contribution in [1.29, 1.82) is 0 Å². The maximum Gasteiger partial charge on any atom is 0.335 e. The van der Waals surface area contributed by atoms with E-state index in [1.54, 1.807) is 23.4 Å². The lowest BCUT2D eigenvalue weighted by molar-refractivity contribution is -0.116. The predicted molar refractivity (Wildman–Crippen MR) is 127 cm³/mol. The first kappa shape index (κ1) is 24.0. The number of nitrogens with one attached hydrogen (secondary N) is 1. The van der Waals surface area contributed by atoms with Crippen LogP contribution in [-0.4, -0.2) is 52.4 Å². The van der Waals surface area contributed by atoms with Crippen LogP contribution in [0.15, 0.2) is 48.8 Å². The number of rotatable bonds is 9. The van der Waals surface area contributed by atoms with Gasteiger partial charge in [0.2, 0.25) is 5.91 Å². The number of aromatic nitrogens is 1. The number of amides is 2. The zero-order valence-electron chi connectivity index (χ0n) is 18.6. The van der Waals surface area contributed by atoms with Crippen molar-refractivity contribution in [2.45, 2.75) is 32.1 Å². The molecule has 0 bridgehead atoms. The number of carbonyl (C=O) groups excluding carboxylic acids is 2. The van der Waals surface area contributed by atoms with Crippen LogP contribution in [-0.2, 0) is 4.79 Å². The fourth-order valence-electron chi connectivity index (χ4n) is 3.98. The smallest absolute Gasteiger partial charge is 0.335 e. The molecule has 4 N–H and O–H groups in total. The number of pyridine rings is 1. The molecule has 0 aliphatic carbocycles. The topological polar surface area (TPSA) is 126 Å². The summed E-state index contributed by atoms with van der Waals surface area (Å²) in [5.74, 6) is -0.843. The van der Waals surface area contributed by atoms with Crippen LogP contribution in [0.4, 0.5) is 5.69 Å². The summed E-state index contributed by atoms with van der Waals surface area (Å²) in [7, 11) is 0. The number of hydrogen-bond donors (Lipinski definition) is 3.